The van der Waals surface area contributed by atoms with Gasteiger partial charge >= 0.3 is 0 Å². The molecule has 0 atom stereocenters. The van der Waals surface area contributed by atoms with Crippen molar-refractivity contribution in [2.75, 3.05) is 32.7 Å². The van der Waals surface area contributed by atoms with Crippen LogP contribution in [-0.4, -0.2) is 52.2 Å². The van der Waals surface area contributed by atoms with E-state index >= 15 is 0 Å². The molecule has 0 saturated carbocycles. The third kappa shape index (κ3) is 4.41. The minimum absolute atomic E-state index is 0.436. The molecule has 5 nitrogen and oxygen atoms in total. The number of nitrogens with one attached hydrogen (secondary N) is 1. The van der Waals surface area contributed by atoms with Gasteiger partial charge in [0.25, 0.3) is 0 Å². The average Bonchev–Trinajstić information content (AvgIpc) is 3.37. The Labute approximate surface area is 163 Å². The van der Waals surface area contributed by atoms with Crippen LogP contribution in [0.5, 0.6) is 0 Å². The maximum absolute atomic E-state index is 5.14. The van der Waals surface area contributed by atoms with Crippen LogP contribution in [0.2, 0.25) is 0 Å². The molecule has 1 N–H and O–H groups in total. The summed E-state index contributed by atoms with van der Waals surface area (Å²) in [6.07, 6.45) is 9.29. The number of piperidine rings is 1. The molecule has 2 saturated heterocycles. The van der Waals surface area contributed by atoms with Gasteiger partial charge in [0.05, 0.1) is 5.69 Å². The first-order valence-electron chi connectivity index (χ1n) is 10.7. The number of rotatable bonds is 6. The van der Waals surface area contributed by atoms with Crippen LogP contribution in [0.25, 0.3) is 11.3 Å². The van der Waals surface area contributed by atoms with E-state index in [9.17, 15) is 0 Å². The van der Waals surface area contributed by atoms with Gasteiger partial charge in [-0.3, -0.25) is 4.98 Å². The van der Waals surface area contributed by atoms with Gasteiger partial charge in [-0.1, -0.05) is 13.8 Å². The number of hydrogen-bond donors (Lipinski definition) is 1. The topological polar surface area (TPSA) is 46.0 Å². The fraction of sp³-hybridized carbons (Fsp3) is 0.636. The molecule has 2 aromatic heterocycles. The predicted octanol–water partition coefficient (Wildman–Crippen LogP) is 3.63. The normalized spacial score (nSPS) is 19.2. The molecule has 27 heavy (non-hydrogen) atoms. The second-order valence-corrected chi connectivity index (χ2v) is 8.37. The molecule has 146 valence electrons. The van der Waals surface area contributed by atoms with E-state index in [2.05, 4.69) is 51.9 Å². The van der Waals surface area contributed by atoms with Crippen LogP contribution in [0, 0.1) is 0 Å². The van der Waals surface area contributed by atoms with Gasteiger partial charge in [-0.15, -0.1) is 0 Å². The van der Waals surface area contributed by atoms with E-state index in [4.69, 9.17) is 4.98 Å². The van der Waals surface area contributed by atoms with Crippen LogP contribution in [0.4, 0.5) is 0 Å². The van der Waals surface area contributed by atoms with Gasteiger partial charge in [-0.05, 0) is 69.9 Å². The van der Waals surface area contributed by atoms with E-state index in [-0.39, 0.29) is 0 Å². The molecular formula is C22H33N5. The van der Waals surface area contributed by atoms with Crippen molar-refractivity contribution in [1.29, 1.82) is 0 Å². The number of imidazole rings is 1. The van der Waals surface area contributed by atoms with Gasteiger partial charge in [0.1, 0.15) is 5.82 Å². The SMILES string of the molecule is CC(C)c1cc(-c2cn(CCN3CCCC3)c(C3CCNCC3)n2)ccn1. The molecule has 2 fully saturated rings. The first-order valence-corrected chi connectivity index (χ1v) is 10.7. The quantitative estimate of drug-likeness (QED) is 0.847. The Kier molecular flexibility index (Phi) is 5.89. The van der Waals surface area contributed by atoms with Crippen molar-refractivity contribution < 1.29 is 0 Å². The molecule has 0 spiro atoms. The third-order valence-corrected chi connectivity index (χ3v) is 6.04. The molecule has 4 rings (SSSR count). The highest BCUT2D eigenvalue weighted by atomic mass is 15.2. The number of pyridine rings is 1. The van der Waals surface area contributed by atoms with Crippen LogP contribution < -0.4 is 5.32 Å². The van der Waals surface area contributed by atoms with E-state index in [1.165, 1.54) is 50.2 Å². The minimum Gasteiger partial charge on any atom is -0.333 e. The number of aromatic nitrogens is 3. The molecule has 0 aliphatic carbocycles. The van der Waals surface area contributed by atoms with E-state index in [1.54, 1.807) is 0 Å². The van der Waals surface area contributed by atoms with Gasteiger partial charge in [-0.2, -0.15) is 0 Å². The highest BCUT2D eigenvalue weighted by Crippen LogP contribution is 2.29. The Morgan fingerprint density at radius 2 is 1.93 bits per heavy atom. The van der Waals surface area contributed by atoms with E-state index < -0.39 is 0 Å². The van der Waals surface area contributed by atoms with Crippen molar-refractivity contribution >= 4 is 0 Å². The summed E-state index contributed by atoms with van der Waals surface area (Å²) < 4.78 is 2.44. The summed E-state index contributed by atoms with van der Waals surface area (Å²) in [5, 5.41) is 3.49. The molecule has 5 heteroatoms. The standard InChI is InChI=1S/C22H33N5/c1-17(2)20-15-19(7-10-24-20)21-16-27(14-13-26-11-3-4-12-26)22(25-21)18-5-8-23-9-6-18/h7,10,15-18,23H,3-6,8-9,11-14H2,1-2H3. The Morgan fingerprint density at radius 1 is 1.15 bits per heavy atom. The number of likely N-dealkylation sites (tertiary alicyclic amines) is 1. The molecule has 2 aromatic rings. The monoisotopic (exact) mass is 367 g/mol. The number of nitrogens with zero attached hydrogens (tertiary/aromatic N) is 4. The van der Waals surface area contributed by atoms with Crippen LogP contribution in [0.3, 0.4) is 0 Å². The lowest BCUT2D eigenvalue weighted by Gasteiger charge is -2.24. The van der Waals surface area contributed by atoms with E-state index in [0.29, 0.717) is 11.8 Å². The van der Waals surface area contributed by atoms with Crippen LogP contribution in [0.1, 0.15) is 62.9 Å². The first-order chi connectivity index (χ1) is 13.2. The summed E-state index contributed by atoms with van der Waals surface area (Å²) in [5.74, 6) is 2.30. The third-order valence-electron chi connectivity index (χ3n) is 6.04. The van der Waals surface area contributed by atoms with Crippen molar-refractivity contribution in [2.45, 2.75) is 57.9 Å². The summed E-state index contributed by atoms with van der Waals surface area (Å²) in [7, 11) is 0. The van der Waals surface area contributed by atoms with Gasteiger partial charge in [0.2, 0.25) is 0 Å². The van der Waals surface area contributed by atoms with Gasteiger partial charge in [-0.25, -0.2) is 4.98 Å². The highest BCUT2D eigenvalue weighted by molar-refractivity contribution is 5.59. The minimum atomic E-state index is 0.436. The molecule has 0 bridgehead atoms. The Hall–Kier alpha value is -1.72. The second-order valence-electron chi connectivity index (χ2n) is 8.37. The van der Waals surface area contributed by atoms with Gasteiger partial charge in [0.15, 0.2) is 0 Å². The largest absolute Gasteiger partial charge is 0.333 e. The smallest absolute Gasteiger partial charge is 0.112 e. The van der Waals surface area contributed by atoms with Crippen molar-refractivity contribution in [1.82, 2.24) is 24.8 Å². The van der Waals surface area contributed by atoms with E-state index in [0.717, 1.165) is 37.6 Å². The predicted molar refractivity (Wildman–Crippen MR) is 110 cm³/mol. The molecule has 4 heterocycles. The van der Waals surface area contributed by atoms with Crippen molar-refractivity contribution in [3.63, 3.8) is 0 Å². The van der Waals surface area contributed by atoms with Crippen LogP contribution >= 0.6 is 0 Å². The van der Waals surface area contributed by atoms with Crippen LogP contribution in [-0.2, 0) is 6.54 Å². The summed E-state index contributed by atoms with van der Waals surface area (Å²) in [6.45, 7) is 11.3. The molecule has 2 aliphatic heterocycles. The zero-order chi connectivity index (χ0) is 18.6. The van der Waals surface area contributed by atoms with Crippen LogP contribution in [0.15, 0.2) is 24.5 Å². The summed E-state index contributed by atoms with van der Waals surface area (Å²) in [4.78, 5) is 12.3. The lowest BCUT2D eigenvalue weighted by Crippen LogP contribution is -2.29. The van der Waals surface area contributed by atoms with Crippen molar-refractivity contribution in [3.8, 4) is 11.3 Å². The zero-order valence-corrected chi connectivity index (χ0v) is 16.8. The second kappa shape index (κ2) is 8.53. The Balaban J connectivity index is 1.60. The molecule has 0 amide bonds. The van der Waals surface area contributed by atoms with Crippen molar-refractivity contribution in [2.24, 2.45) is 0 Å². The zero-order valence-electron chi connectivity index (χ0n) is 16.8. The maximum atomic E-state index is 5.14. The number of hydrogen-bond acceptors (Lipinski definition) is 4. The Morgan fingerprint density at radius 3 is 2.67 bits per heavy atom. The molecule has 0 unspecified atom stereocenters. The molecular weight excluding hydrogens is 334 g/mol. The molecule has 0 radical (unpaired) electrons. The van der Waals surface area contributed by atoms with Gasteiger partial charge < -0.3 is 14.8 Å². The molecule has 0 aromatic carbocycles. The summed E-state index contributed by atoms with van der Waals surface area (Å²) in [5.41, 5.74) is 3.44. The lowest BCUT2D eigenvalue weighted by atomic mass is 9.97. The fourth-order valence-corrected chi connectivity index (χ4v) is 4.33. The first kappa shape index (κ1) is 18.6. The van der Waals surface area contributed by atoms with Crippen molar-refractivity contribution in [3.05, 3.63) is 36.0 Å². The van der Waals surface area contributed by atoms with E-state index in [1.807, 2.05) is 6.20 Å². The highest BCUT2D eigenvalue weighted by Gasteiger charge is 2.22. The van der Waals surface area contributed by atoms with Gasteiger partial charge in [0, 0.05) is 42.7 Å². The Bertz CT molecular complexity index is 739. The molecule has 2 aliphatic rings. The average molecular weight is 368 g/mol. The maximum Gasteiger partial charge on any atom is 0.112 e. The summed E-state index contributed by atoms with van der Waals surface area (Å²) in [6, 6.07) is 4.31. The lowest BCUT2D eigenvalue weighted by molar-refractivity contribution is 0.316. The summed E-state index contributed by atoms with van der Waals surface area (Å²) >= 11 is 0. The fourth-order valence-electron chi connectivity index (χ4n) is 4.33.